The molecule has 1 saturated heterocycles. The standard InChI is InChI=1S/C20H19FN2O2S2/c1-26-16-8-9-17-18(11-16)27-20(22-17)23(12-15-3-2-10-25-15)19(24)13-4-6-14(21)7-5-13/h4-9,11,15H,2-3,10,12H2,1H3/t15-/m1/s1. The maximum absolute atomic E-state index is 13.3. The molecule has 0 spiro atoms. The van der Waals surface area contributed by atoms with Crippen LogP contribution in [0.25, 0.3) is 10.2 Å². The molecule has 140 valence electrons. The van der Waals surface area contributed by atoms with Crippen LogP contribution in [0, 0.1) is 5.82 Å². The van der Waals surface area contributed by atoms with E-state index in [2.05, 4.69) is 11.1 Å². The van der Waals surface area contributed by atoms with E-state index in [9.17, 15) is 9.18 Å². The lowest BCUT2D eigenvalue weighted by Crippen LogP contribution is -2.37. The zero-order chi connectivity index (χ0) is 18.8. The monoisotopic (exact) mass is 402 g/mol. The molecule has 27 heavy (non-hydrogen) atoms. The maximum Gasteiger partial charge on any atom is 0.260 e. The van der Waals surface area contributed by atoms with Crippen LogP contribution in [0.15, 0.2) is 47.4 Å². The number of benzene rings is 2. The van der Waals surface area contributed by atoms with Gasteiger partial charge in [0.05, 0.1) is 22.9 Å². The molecule has 1 amide bonds. The first-order valence-electron chi connectivity index (χ1n) is 8.77. The molecule has 2 heterocycles. The van der Waals surface area contributed by atoms with Gasteiger partial charge in [-0.15, -0.1) is 11.8 Å². The molecular formula is C20H19FN2O2S2. The van der Waals surface area contributed by atoms with Crippen LogP contribution in [-0.4, -0.2) is 36.4 Å². The number of hydrogen-bond donors (Lipinski definition) is 0. The van der Waals surface area contributed by atoms with Crippen LogP contribution >= 0.6 is 23.1 Å². The summed E-state index contributed by atoms with van der Waals surface area (Å²) in [4.78, 5) is 20.7. The molecule has 2 aromatic carbocycles. The fraction of sp³-hybridized carbons (Fsp3) is 0.300. The van der Waals surface area contributed by atoms with Crippen LogP contribution in [0.4, 0.5) is 9.52 Å². The highest BCUT2D eigenvalue weighted by Gasteiger charge is 2.27. The van der Waals surface area contributed by atoms with E-state index < -0.39 is 0 Å². The number of ether oxygens (including phenoxy) is 1. The van der Waals surface area contributed by atoms with Crippen molar-refractivity contribution in [2.45, 2.75) is 23.8 Å². The highest BCUT2D eigenvalue weighted by Crippen LogP contribution is 2.33. The number of nitrogens with zero attached hydrogens (tertiary/aromatic N) is 2. The molecule has 7 heteroatoms. The summed E-state index contributed by atoms with van der Waals surface area (Å²) in [5.41, 5.74) is 1.32. The van der Waals surface area contributed by atoms with Crippen molar-refractivity contribution in [3.63, 3.8) is 0 Å². The summed E-state index contributed by atoms with van der Waals surface area (Å²) in [5.74, 6) is -0.545. The first kappa shape index (κ1) is 18.4. The summed E-state index contributed by atoms with van der Waals surface area (Å²) in [5, 5.41) is 0.646. The summed E-state index contributed by atoms with van der Waals surface area (Å²) in [6.45, 7) is 1.17. The van der Waals surface area contributed by atoms with Crippen molar-refractivity contribution >= 4 is 44.4 Å². The second-order valence-corrected chi connectivity index (χ2v) is 8.28. The van der Waals surface area contributed by atoms with Gasteiger partial charge in [-0.3, -0.25) is 9.69 Å². The Hall–Kier alpha value is -1.96. The predicted octanol–water partition coefficient (Wildman–Crippen LogP) is 4.98. The van der Waals surface area contributed by atoms with Crippen LogP contribution < -0.4 is 4.90 Å². The Labute approximate surface area is 165 Å². The Morgan fingerprint density at radius 1 is 1.33 bits per heavy atom. The average Bonchev–Trinajstić information content (AvgIpc) is 3.34. The fourth-order valence-corrected chi connectivity index (χ4v) is 4.65. The van der Waals surface area contributed by atoms with Crippen molar-refractivity contribution in [2.24, 2.45) is 0 Å². The molecular weight excluding hydrogens is 383 g/mol. The van der Waals surface area contributed by atoms with E-state index in [4.69, 9.17) is 4.74 Å². The predicted molar refractivity (Wildman–Crippen MR) is 108 cm³/mol. The van der Waals surface area contributed by atoms with Gasteiger partial charge in [0.2, 0.25) is 0 Å². The van der Waals surface area contributed by atoms with Gasteiger partial charge in [-0.25, -0.2) is 9.37 Å². The Morgan fingerprint density at radius 2 is 2.15 bits per heavy atom. The van der Waals surface area contributed by atoms with Crippen LogP contribution in [0.3, 0.4) is 0 Å². The number of amides is 1. The topological polar surface area (TPSA) is 42.4 Å². The van der Waals surface area contributed by atoms with E-state index >= 15 is 0 Å². The Balaban J connectivity index is 1.70. The van der Waals surface area contributed by atoms with Crippen molar-refractivity contribution in [2.75, 3.05) is 24.3 Å². The smallest absolute Gasteiger partial charge is 0.260 e. The Morgan fingerprint density at radius 3 is 2.85 bits per heavy atom. The van der Waals surface area contributed by atoms with Gasteiger partial charge < -0.3 is 4.74 Å². The Bertz CT molecular complexity index is 952. The number of thioether (sulfide) groups is 1. The van der Waals surface area contributed by atoms with Gasteiger partial charge in [-0.2, -0.15) is 0 Å². The number of halogens is 1. The summed E-state index contributed by atoms with van der Waals surface area (Å²) in [6.07, 6.45) is 3.96. The molecule has 0 radical (unpaired) electrons. The molecule has 1 atom stereocenters. The van der Waals surface area contributed by atoms with Crippen LogP contribution in [0.2, 0.25) is 0 Å². The molecule has 1 aliphatic heterocycles. The third-order valence-electron chi connectivity index (χ3n) is 4.56. The third kappa shape index (κ3) is 4.00. The molecule has 0 N–H and O–H groups in total. The molecule has 0 aliphatic carbocycles. The third-order valence-corrected chi connectivity index (χ3v) is 6.33. The van der Waals surface area contributed by atoms with Crippen molar-refractivity contribution in [3.05, 3.63) is 53.8 Å². The minimum absolute atomic E-state index is 0.00293. The maximum atomic E-state index is 13.3. The fourth-order valence-electron chi connectivity index (χ4n) is 3.12. The normalized spacial score (nSPS) is 16.7. The molecule has 4 rings (SSSR count). The molecule has 1 aromatic heterocycles. The molecule has 4 nitrogen and oxygen atoms in total. The van der Waals surface area contributed by atoms with E-state index in [1.807, 2.05) is 18.4 Å². The van der Waals surface area contributed by atoms with E-state index in [1.165, 1.54) is 35.6 Å². The Kier molecular flexibility index (Phi) is 5.43. The summed E-state index contributed by atoms with van der Waals surface area (Å²) in [7, 11) is 0. The van der Waals surface area contributed by atoms with Crippen LogP contribution in [-0.2, 0) is 4.74 Å². The minimum Gasteiger partial charge on any atom is -0.376 e. The van der Waals surface area contributed by atoms with Gasteiger partial charge in [0.25, 0.3) is 5.91 Å². The molecule has 3 aromatic rings. The largest absolute Gasteiger partial charge is 0.376 e. The molecule has 0 saturated carbocycles. The zero-order valence-electron chi connectivity index (χ0n) is 14.9. The van der Waals surface area contributed by atoms with Crippen LogP contribution in [0.5, 0.6) is 0 Å². The van der Waals surface area contributed by atoms with Crippen molar-refractivity contribution in [1.82, 2.24) is 4.98 Å². The number of aromatic nitrogens is 1. The lowest BCUT2D eigenvalue weighted by Gasteiger charge is -2.23. The molecule has 1 fully saturated rings. The number of hydrogen-bond acceptors (Lipinski definition) is 5. The van der Waals surface area contributed by atoms with Gasteiger partial charge in [0, 0.05) is 17.1 Å². The average molecular weight is 403 g/mol. The number of carbonyl (C=O) groups excluding carboxylic acids is 1. The highest BCUT2D eigenvalue weighted by atomic mass is 32.2. The zero-order valence-corrected chi connectivity index (χ0v) is 16.5. The number of rotatable bonds is 5. The number of anilines is 1. The second kappa shape index (κ2) is 7.96. The van der Waals surface area contributed by atoms with Gasteiger partial charge >= 0.3 is 0 Å². The van der Waals surface area contributed by atoms with Crippen molar-refractivity contribution < 1.29 is 13.9 Å². The van der Waals surface area contributed by atoms with E-state index in [1.54, 1.807) is 16.7 Å². The van der Waals surface area contributed by atoms with Gasteiger partial charge in [-0.1, -0.05) is 11.3 Å². The van der Waals surface area contributed by atoms with Gasteiger partial charge in [0.15, 0.2) is 5.13 Å². The lowest BCUT2D eigenvalue weighted by atomic mass is 10.1. The number of fused-ring (bicyclic) bond motifs is 1. The number of thiazole rings is 1. The second-order valence-electron chi connectivity index (χ2n) is 6.39. The minimum atomic E-state index is -0.359. The van der Waals surface area contributed by atoms with E-state index in [-0.39, 0.29) is 17.8 Å². The first-order valence-corrected chi connectivity index (χ1v) is 10.8. The molecule has 0 unspecified atom stereocenters. The lowest BCUT2D eigenvalue weighted by molar-refractivity contribution is 0.0917. The summed E-state index contributed by atoms with van der Waals surface area (Å²) < 4.78 is 20.0. The van der Waals surface area contributed by atoms with E-state index in [0.717, 1.165) is 34.6 Å². The van der Waals surface area contributed by atoms with E-state index in [0.29, 0.717) is 17.2 Å². The van der Waals surface area contributed by atoms with Gasteiger partial charge in [-0.05, 0) is 61.6 Å². The summed E-state index contributed by atoms with van der Waals surface area (Å²) >= 11 is 3.17. The molecule has 1 aliphatic rings. The van der Waals surface area contributed by atoms with Crippen molar-refractivity contribution in [3.8, 4) is 0 Å². The van der Waals surface area contributed by atoms with Gasteiger partial charge in [0.1, 0.15) is 5.82 Å². The number of carbonyl (C=O) groups is 1. The van der Waals surface area contributed by atoms with Crippen LogP contribution in [0.1, 0.15) is 23.2 Å². The molecule has 0 bridgehead atoms. The SMILES string of the molecule is CSc1ccc2nc(N(C[C@H]3CCCO3)C(=O)c3ccc(F)cc3)sc2c1. The quantitative estimate of drug-likeness (QED) is 0.564. The first-order chi connectivity index (χ1) is 13.1. The summed E-state index contributed by atoms with van der Waals surface area (Å²) in [6, 6.07) is 11.7. The van der Waals surface area contributed by atoms with Crippen molar-refractivity contribution in [1.29, 1.82) is 0 Å². The highest BCUT2D eigenvalue weighted by molar-refractivity contribution is 7.98.